The largest absolute Gasteiger partial charge is 0.497 e. The molecule has 0 aliphatic rings. The van der Waals surface area contributed by atoms with E-state index >= 15 is 0 Å². The fraction of sp³-hybridized carbons (Fsp3) is 0.391. The molecule has 29 heavy (non-hydrogen) atoms. The SMILES string of the molecule is CCNC(=O)C(CC)N(Cc1cccc(OC)c1)C(=O)CSc1ccc(C)cc1. The Hall–Kier alpha value is -2.47. The Morgan fingerprint density at radius 3 is 2.48 bits per heavy atom. The van der Waals surface area contributed by atoms with Crippen LogP contribution in [0.5, 0.6) is 5.75 Å². The summed E-state index contributed by atoms with van der Waals surface area (Å²) < 4.78 is 5.30. The number of ether oxygens (including phenoxy) is 1. The van der Waals surface area contributed by atoms with Crippen LogP contribution in [-0.2, 0) is 16.1 Å². The number of hydrogen-bond donors (Lipinski definition) is 1. The van der Waals surface area contributed by atoms with Crippen molar-refractivity contribution in [3.05, 3.63) is 59.7 Å². The maximum absolute atomic E-state index is 13.1. The normalized spacial score (nSPS) is 11.6. The van der Waals surface area contributed by atoms with Crippen molar-refractivity contribution >= 4 is 23.6 Å². The van der Waals surface area contributed by atoms with Crippen molar-refractivity contribution in [1.29, 1.82) is 0 Å². The molecule has 0 aromatic heterocycles. The third kappa shape index (κ3) is 6.82. The smallest absolute Gasteiger partial charge is 0.242 e. The van der Waals surface area contributed by atoms with Gasteiger partial charge in [0.2, 0.25) is 11.8 Å². The Bertz CT molecular complexity index is 808. The molecule has 0 saturated heterocycles. The van der Waals surface area contributed by atoms with Gasteiger partial charge in [-0.05, 0) is 50.1 Å². The van der Waals surface area contributed by atoms with Crippen LogP contribution in [0.2, 0.25) is 0 Å². The van der Waals surface area contributed by atoms with Crippen molar-refractivity contribution in [3.63, 3.8) is 0 Å². The zero-order chi connectivity index (χ0) is 21.2. The number of nitrogens with zero attached hydrogens (tertiary/aromatic N) is 1. The van der Waals surface area contributed by atoms with Gasteiger partial charge in [0, 0.05) is 18.0 Å². The zero-order valence-corrected chi connectivity index (χ0v) is 18.4. The molecule has 0 fully saturated rings. The lowest BCUT2D eigenvalue weighted by molar-refractivity contribution is -0.139. The standard InChI is InChI=1S/C23H30N2O3S/c1-5-21(23(27)24-6-2)25(15-18-8-7-9-19(14-18)28-4)22(26)16-29-20-12-10-17(3)11-13-20/h7-14,21H,5-6,15-16H2,1-4H3,(H,24,27). The van der Waals surface area contributed by atoms with Crippen LogP contribution in [0.15, 0.2) is 53.4 Å². The van der Waals surface area contributed by atoms with E-state index in [1.807, 2.05) is 69.3 Å². The first-order valence-corrected chi connectivity index (χ1v) is 10.9. The van der Waals surface area contributed by atoms with E-state index < -0.39 is 6.04 Å². The Kier molecular flexibility index (Phi) is 9.06. The highest BCUT2D eigenvalue weighted by molar-refractivity contribution is 8.00. The minimum atomic E-state index is -0.507. The molecule has 2 aromatic rings. The quantitative estimate of drug-likeness (QED) is 0.596. The van der Waals surface area contributed by atoms with Gasteiger partial charge in [-0.2, -0.15) is 0 Å². The molecule has 2 amide bonds. The monoisotopic (exact) mass is 414 g/mol. The average molecular weight is 415 g/mol. The molecule has 0 heterocycles. The van der Waals surface area contributed by atoms with Crippen LogP contribution in [0, 0.1) is 6.92 Å². The molecular formula is C23H30N2O3S. The topological polar surface area (TPSA) is 58.6 Å². The van der Waals surface area contributed by atoms with E-state index in [9.17, 15) is 9.59 Å². The molecule has 0 saturated carbocycles. The first kappa shape index (κ1) is 22.8. The lowest BCUT2D eigenvalue weighted by Gasteiger charge is -2.30. The van der Waals surface area contributed by atoms with Gasteiger partial charge in [0.05, 0.1) is 12.9 Å². The maximum Gasteiger partial charge on any atom is 0.242 e. The van der Waals surface area contributed by atoms with Gasteiger partial charge in [0.15, 0.2) is 0 Å². The van der Waals surface area contributed by atoms with Crippen LogP contribution in [-0.4, -0.2) is 42.2 Å². The number of methoxy groups -OCH3 is 1. The Labute approximate surface area is 177 Å². The highest BCUT2D eigenvalue weighted by atomic mass is 32.2. The fourth-order valence-corrected chi connectivity index (χ4v) is 3.83. The Balaban J connectivity index is 2.20. The minimum Gasteiger partial charge on any atom is -0.497 e. The van der Waals surface area contributed by atoms with Crippen molar-refractivity contribution in [3.8, 4) is 5.75 Å². The van der Waals surface area contributed by atoms with Crippen LogP contribution in [0.25, 0.3) is 0 Å². The third-order valence-electron chi connectivity index (χ3n) is 4.61. The van der Waals surface area contributed by atoms with Crippen LogP contribution in [0.4, 0.5) is 0 Å². The lowest BCUT2D eigenvalue weighted by atomic mass is 10.1. The van der Waals surface area contributed by atoms with Gasteiger partial charge in [-0.25, -0.2) is 0 Å². The van der Waals surface area contributed by atoms with Gasteiger partial charge in [0.25, 0.3) is 0 Å². The van der Waals surface area contributed by atoms with E-state index in [1.165, 1.54) is 17.3 Å². The summed E-state index contributed by atoms with van der Waals surface area (Å²) in [6.07, 6.45) is 0.552. The van der Waals surface area contributed by atoms with E-state index in [1.54, 1.807) is 12.0 Å². The van der Waals surface area contributed by atoms with E-state index in [0.29, 0.717) is 19.5 Å². The molecule has 0 spiro atoms. The Morgan fingerprint density at radius 2 is 1.86 bits per heavy atom. The van der Waals surface area contributed by atoms with Crippen LogP contribution in [0.3, 0.4) is 0 Å². The highest BCUT2D eigenvalue weighted by Crippen LogP contribution is 2.22. The van der Waals surface area contributed by atoms with Gasteiger partial charge in [0.1, 0.15) is 11.8 Å². The van der Waals surface area contributed by atoms with Crippen LogP contribution in [0.1, 0.15) is 31.4 Å². The summed E-state index contributed by atoms with van der Waals surface area (Å²) in [5, 5.41) is 2.86. The molecule has 1 unspecified atom stereocenters. The minimum absolute atomic E-state index is 0.0588. The second kappa shape index (κ2) is 11.5. The number of benzene rings is 2. The summed E-state index contributed by atoms with van der Waals surface area (Å²) in [5.74, 6) is 0.834. The highest BCUT2D eigenvalue weighted by Gasteiger charge is 2.28. The summed E-state index contributed by atoms with van der Waals surface area (Å²) >= 11 is 1.49. The molecule has 5 nitrogen and oxygen atoms in total. The number of thioether (sulfide) groups is 1. The second-order valence-corrected chi connectivity index (χ2v) is 7.84. The molecule has 0 radical (unpaired) electrons. The predicted molar refractivity (Wildman–Crippen MR) is 118 cm³/mol. The summed E-state index contributed by atoms with van der Waals surface area (Å²) in [6.45, 7) is 6.74. The first-order valence-electron chi connectivity index (χ1n) is 9.88. The number of carbonyl (C=O) groups excluding carboxylic acids is 2. The van der Waals surface area contributed by atoms with Gasteiger partial charge < -0.3 is 15.0 Å². The van der Waals surface area contributed by atoms with Gasteiger partial charge in [-0.15, -0.1) is 11.8 Å². The summed E-state index contributed by atoms with van der Waals surface area (Å²) in [6, 6.07) is 15.2. The molecule has 156 valence electrons. The molecule has 0 aliphatic carbocycles. The molecule has 0 bridgehead atoms. The van der Waals surface area contributed by atoms with Gasteiger partial charge >= 0.3 is 0 Å². The van der Waals surface area contributed by atoms with Crippen molar-refractivity contribution in [2.24, 2.45) is 0 Å². The van der Waals surface area contributed by atoms with Gasteiger partial charge in [-0.1, -0.05) is 36.8 Å². The number of likely N-dealkylation sites (N-methyl/N-ethyl adjacent to an activating group) is 1. The van der Waals surface area contributed by atoms with E-state index in [-0.39, 0.29) is 17.6 Å². The van der Waals surface area contributed by atoms with Crippen LogP contribution < -0.4 is 10.1 Å². The number of rotatable bonds is 10. The number of nitrogens with one attached hydrogen (secondary N) is 1. The van der Waals surface area contributed by atoms with Gasteiger partial charge in [-0.3, -0.25) is 9.59 Å². The molecule has 0 aliphatic heterocycles. The molecule has 2 rings (SSSR count). The second-order valence-electron chi connectivity index (χ2n) is 6.79. The van der Waals surface area contributed by atoms with E-state index in [0.717, 1.165) is 16.2 Å². The maximum atomic E-state index is 13.1. The molecule has 2 aromatic carbocycles. The van der Waals surface area contributed by atoms with Crippen molar-refractivity contribution in [1.82, 2.24) is 10.2 Å². The average Bonchev–Trinajstić information content (AvgIpc) is 2.73. The summed E-state index contributed by atoms with van der Waals surface area (Å²) in [7, 11) is 1.61. The van der Waals surface area contributed by atoms with E-state index in [4.69, 9.17) is 4.74 Å². The number of carbonyl (C=O) groups is 2. The Morgan fingerprint density at radius 1 is 1.14 bits per heavy atom. The zero-order valence-electron chi connectivity index (χ0n) is 17.6. The summed E-state index contributed by atoms with van der Waals surface area (Å²) in [4.78, 5) is 28.5. The third-order valence-corrected chi connectivity index (χ3v) is 5.60. The number of hydrogen-bond acceptors (Lipinski definition) is 4. The van der Waals surface area contributed by atoms with E-state index in [2.05, 4.69) is 5.32 Å². The lowest BCUT2D eigenvalue weighted by Crippen LogP contribution is -2.49. The van der Waals surface area contributed by atoms with Crippen molar-refractivity contribution < 1.29 is 14.3 Å². The van der Waals surface area contributed by atoms with Crippen LogP contribution >= 0.6 is 11.8 Å². The number of aryl methyl sites for hydroxylation is 1. The summed E-state index contributed by atoms with van der Waals surface area (Å²) in [5.41, 5.74) is 2.11. The molecule has 1 atom stereocenters. The molecule has 6 heteroatoms. The van der Waals surface area contributed by atoms with Crippen molar-refractivity contribution in [2.45, 2.75) is 44.7 Å². The van der Waals surface area contributed by atoms with Crippen molar-refractivity contribution in [2.75, 3.05) is 19.4 Å². The first-order chi connectivity index (χ1) is 14.0. The predicted octanol–water partition coefficient (Wildman–Crippen LogP) is 4.04. The fourth-order valence-electron chi connectivity index (χ4n) is 3.04. The molecular weight excluding hydrogens is 384 g/mol. The molecule has 1 N–H and O–H groups in total. The number of amides is 2.